The summed E-state index contributed by atoms with van der Waals surface area (Å²) in [7, 11) is 0. The minimum absolute atomic E-state index is 0.122. The van der Waals surface area contributed by atoms with Gasteiger partial charge < -0.3 is 5.32 Å². The average molecular weight is 341 g/mol. The van der Waals surface area contributed by atoms with Crippen LogP contribution in [0.15, 0.2) is 35.2 Å². The topological polar surface area (TPSA) is 98.0 Å². The standard InChI is InChI=1S/C11H6BrFN4O3/c12-9-4-15-10(5-14-9)16-11(18)7-2-1-6(13)3-8(7)17(19)20/h1-5H,(H,15,16,18). The van der Waals surface area contributed by atoms with E-state index in [1.807, 2.05) is 0 Å². The Morgan fingerprint density at radius 2 is 2.10 bits per heavy atom. The summed E-state index contributed by atoms with van der Waals surface area (Å²) in [4.78, 5) is 29.6. The monoisotopic (exact) mass is 340 g/mol. The highest BCUT2D eigenvalue weighted by Gasteiger charge is 2.21. The molecule has 1 aromatic carbocycles. The number of nitrogens with zero attached hydrogens (tertiary/aromatic N) is 3. The minimum Gasteiger partial charge on any atom is -0.305 e. The van der Waals surface area contributed by atoms with Gasteiger partial charge in [0.1, 0.15) is 16.0 Å². The first kappa shape index (κ1) is 14.0. The number of anilines is 1. The molecule has 1 heterocycles. The van der Waals surface area contributed by atoms with E-state index in [9.17, 15) is 19.3 Å². The zero-order valence-electron chi connectivity index (χ0n) is 9.71. The second kappa shape index (κ2) is 5.70. The highest BCUT2D eigenvalue weighted by molar-refractivity contribution is 9.10. The van der Waals surface area contributed by atoms with Crippen LogP contribution in [-0.4, -0.2) is 20.8 Å². The van der Waals surface area contributed by atoms with E-state index in [0.717, 1.165) is 12.1 Å². The van der Waals surface area contributed by atoms with Crippen LogP contribution in [-0.2, 0) is 0 Å². The van der Waals surface area contributed by atoms with Gasteiger partial charge in [0.25, 0.3) is 11.6 Å². The molecule has 1 amide bonds. The summed E-state index contributed by atoms with van der Waals surface area (Å²) in [5, 5.41) is 13.1. The van der Waals surface area contributed by atoms with Gasteiger partial charge in [-0.25, -0.2) is 14.4 Å². The third-order valence-electron chi connectivity index (χ3n) is 2.26. The number of carbonyl (C=O) groups excluding carboxylic acids is 1. The highest BCUT2D eigenvalue weighted by Crippen LogP contribution is 2.20. The van der Waals surface area contributed by atoms with E-state index < -0.39 is 22.3 Å². The Labute approximate surface area is 120 Å². The number of hydrogen-bond acceptors (Lipinski definition) is 5. The van der Waals surface area contributed by atoms with Crippen molar-refractivity contribution >= 4 is 33.3 Å². The van der Waals surface area contributed by atoms with Gasteiger partial charge in [0, 0.05) is 0 Å². The SMILES string of the molecule is O=C(Nc1cnc(Br)cn1)c1ccc(F)cc1[N+](=O)[O-]. The Hall–Kier alpha value is -2.42. The zero-order chi connectivity index (χ0) is 14.7. The summed E-state index contributed by atoms with van der Waals surface area (Å²) in [6.07, 6.45) is 2.63. The maximum atomic E-state index is 13.0. The minimum atomic E-state index is -0.828. The normalized spacial score (nSPS) is 10.1. The van der Waals surface area contributed by atoms with Crippen LogP contribution in [0.3, 0.4) is 0 Å². The van der Waals surface area contributed by atoms with Crippen LogP contribution < -0.4 is 5.32 Å². The molecule has 0 unspecified atom stereocenters. The maximum absolute atomic E-state index is 13.0. The number of nitro groups is 1. The number of halogens is 2. The van der Waals surface area contributed by atoms with Crippen molar-refractivity contribution in [1.82, 2.24) is 9.97 Å². The van der Waals surface area contributed by atoms with Crippen LogP contribution >= 0.6 is 15.9 Å². The second-order valence-electron chi connectivity index (χ2n) is 3.60. The molecule has 7 nitrogen and oxygen atoms in total. The fourth-order valence-corrected chi connectivity index (χ4v) is 1.61. The molecule has 0 saturated heterocycles. The lowest BCUT2D eigenvalue weighted by atomic mass is 10.1. The van der Waals surface area contributed by atoms with E-state index in [-0.39, 0.29) is 11.4 Å². The Kier molecular flexibility index (Phi) is 3.99. The molecule has 1 aromatic heterocycles. The van der Waals surface area contributed by atoms with Crippen molar-refractivity contribution in [3.63, 3.8) is 0 Å². The predicted octanol–water partition coefficient (Wildman–Crippen LogP) is 2.54. The van der Waals surface area contributed by atoms with Crippen molar-refractivity contribution in [3.8, 4) is 0 Å². The van der Waals surface area contributed by atoms with Crippen LogP contribution in [0.5, 0.6) is 0 Å². The summed E-state index contributed by atoms with van der Waals surface area (Å²) in [5.41, 5.74) is -0.881. The molecule has 0 atom stereocenters. The Morgan fingerprint density at radius 3 is 2.70 bits per heavy atom. The Balaban J connectivity index is 2.29. The van der Waals surface area contributed by atoms with Crippen molar-refractivity contribution in [2.24, 2.45) is 0 Å². The van der Waals surface area contributed by atoms with E-state index in [2.05, 4.69) is 31.2 Å². The van der Waals surface area contributed by atoms with Gasteiger partial charge in [-0.3, -0.25) is 14.9 Å². The molecular weight excluding hydrogens is 335 g/mol. The molecule has 20 heavy (non-hydrogen) atoms. The number of carbonyl (C=O) groups is 1. The van der Waals surface area contributed by atoms with Crippen LogP contribution in [0.1, 0.15) is 10.4 Å². The lowest BCUT2D eigenvalue weighted by Crippen LogP contribution is -2.15. The van der Waals surface area contributed by atoms with Gasteiger partial charge in [-0.2, -0.15) is 0 Å². The molecule has 2 rings (SSSR count). The molecule has 0 bridgehead atoms. The number of nitro benzene ring substituents is 1. The Morgan fingerprint density at radius 1 is 1.35 bits per heavy atom. The quantitative estimate of drug-likeness (QED) is 0.683. The van der Waals surface area contributed by atoms with E-state index in [1.165, 1.54) is 12.4 Å². The fourth-order valence-electron chi connectivity index (χ4n) is 1.41. The molecule has 2 aromatic rings. The predicted molar refractivity (Wildman–Crippen MR) is 70.7 cm³/mol. The molecule has 0 aliphatic carbocycles. The number of benzene rings is 1. The molecule has 0 radical (unpaired) electrons. The fraction of sp³-hybridized carbons (Fsp3) is 0. The van der Waals surface area contributed by atoms with Crippen LogP contribution in [0.25, 0.3) is 0 Å². The number of aromatic nitrogens is 2. The largest absolute Gasteiger partial charge is 0.305 e. The summed E-state index contributed by atoms with van der Waals surface area (Å²) in [6.45, 7) is 0. The molecule has 0 saturated carbocycles. The molecule has 1 N–H and O–H groups in total. The van der Waals surface area contributed by atoms with E-state index >= 15 is 0 Å². The lowest BCUT2D eigenvalue weighted by Gasteiger charge is -2.04. The van der Waals surface area contributed by atoms with Gasteiger partial charge in [0.2, 0.25) is 0 Å². The average Bonchev–Trinajstić information content (AvgIpc) is 2.41. The van der Waals surface area contributed by atoms with Crippen LogP contribution in [0, 0.1) is 15.9 Å². The third-order valence-corrected chi connectivity index (χ3v) is 2.67. The first-order valence-electron chi connectivity index (χ1n) is 5.20. The van der Waals surface area contributed by atoms with Gasteiger partial charge >= 0.3 is 0 Å². The van der Waals surface area contributed by atoms with E-state index in [1.54, 1.807) is 0 Å². The van der Waals surface area contributed by atoms with E-state index in [0.29, 0.717) is 10.7 Å². The number of nitrogens with one attached hydrogen (secondary N) is 1. The van der Waals surface area contributed by atoms with Crippen molar-refractivity contribution in [1.29, 1.82) is 0 Å². The van der Waals surface area contributed by atoms with Crippen molar-refractivity contribution < 1.29 is 14.1 Å². The molecule has 0 aliphatic rings. The zero-order valence-corrected chi connectivity index (χ0v) is 11.3. The van der Waals surface area contributed by atoms with Gasteiger partial charge in [-0.1, -0.05) is 0 Å². The molecule has 0 fully saturated rings. The molecular formula is C11H6BrFN4O3. The molecule has 9 heteroatoms. The maximum Gasteiger partial charge on any atom is 0.285 e. The first-order valence-corrected chi connectivity index (χ1v) is 5.99. The first-order chi connectivity index (χ1) is 9.47. The summed E-state index contributed by atoms with van der Waals surface area (Å²) in [6, 6.07) is 2.69. The third kappa shape index (κ3) is 3.12. The van der Waals surface area contributed by atoms with Gasteiger partial charge in [0.05, 0.1) is 23.4 Å². The second-order valence-corrected chi connectivity index (χ2v) is 4.41. The summed E-state index contributed by atoms with van der Waals surface area (Å²) in [5.74, 6) is -1.44. The lowest BCUT2D eigenvalue weighted by molar-refractivity contribution is -0.385. The summed E-state index contributed by atoms with van der Waals surface area (Å²) < 4.78 is 13.5. The number of amides is 1. The van der Waals surface area contributed by atoms with Gasteiger partial charge in [-0.15, -0.1) is 0 Å². The van der Waals surface area contributed by atoms with Crippen LogP contribution in [0.2, 0.25) is 0 Å². The van der Waals surface area contributed by atoms with Crippen molar-refractivity contribution in [2.45, 2.75) is 0 Å². The summed E-state index contributed by atoms with van der Waals surface area (Å²) >= 11 is 3.08. The van der Waals surface area contributed by atoms with Gasteiger partial charge in [-0.05, 0) is 28.1 Å². The van der Waals surface area contributed by atoms with Crippen LogP contribution in [0.4, 0.5) is 15.9 Å². The van der Waals surface area contributed by atoms with Crippen molar-refractivity contribution in [2.75, 3.05) is 5.32 Å². The molecule has 0 aliphatic heterocycles. The Bertz CT molecular complexity index is 678. The number of rotatable bonds is 3. The van der Waals surface area contributed by atoms with E-state index in [4.69, 9.17) is 0 Å². The number of hydrogen-bond donors (Lipinski definition) is 1. The molecule has 0 spiro atoms. The van der Waals surface area contributed by atoms with Crippen molar-refractivity contribution in [3.05, 3.63) is 56.7 Å². The van der Waals surface area contributed by atoms with Gasteiger partial charge in [0.15, 0.2) is 5.82 Å². The smallest absolute Gasteiger partial charge is 0.285 e. The molecule has 102 valence electrons. The highest BCUT2D eigenvalue weighted by atomic mass is 79.9.